The predicted octanol–water partition coefficient (Wildman–Crippen LogP) is 2.68. The molecule has 2 heterocycles. The molecule has 0 bridgehead atoms. The van der Waals surface area contributed by atoms with E-state index in [-0.39, 0.29) is 22.7 Å². The van der Waals surface area contributed by atoms with E-state index in [2.05, 4.69) is 0 Å². The molecule has 0 aromatic rings. The van der Waals surface area contributed by atoms with Gasteiger partial charge in [-0.25, -0.2) is 9.69 Å². The topological polar surface area (TPSA) is 63.7 Å². The molecule has 21 heavy (non-hydrogen) atoms. The average molecular weight is 331 g/mol. The highest BCUT2D eigenvalue weighted by atomic mass is 32.2. The van der Waals surface area contributed by atoms with Crippen LogP contribution in [0.15, 0.2) is 0 Å². The van der Waals surface area contributed by atoms with Crippen LogP contribution in [0.3, 0.4) is 0 Å². The SMILES string of the molecule is CC(C)(C)OC(=O)N1C(=O)CC[C@H]1C(=O)C1SCCCS1. The number of carbonyl (C=O) groups excluding carboxylic acids is 3. The molecule has 2 aliphatic heterocycles. The molecule has 118 valence electrons. The van der Waals surface area contributed by atoms with Gasteiger partial charge in [0.2, 0.25) is 5.91 Å². The van der Waals surface area contributed by atoms with Gasteiger partial charge in [0.15, 0.2) is 5.78 Å². The lowest BCUT2D eigenvalue weighted by atomic mass is 10.1. The van der Waals surface area contributed by atoms with Gasteiger partial charge in [-0.2, -0.15) is 0 Å². The minimum atomic E-state index is -0.700. The standard InChI is InChI=1S/C14H21NO4S2/c1-14(2,3)19-13(18)15-9(5-6-10(15)16)11(17)12-20-7-4-8-21-12/h9,12H,4-8H2,1-3H3/t9-/m0/s1. The maximum absolute atomic E-state index is 12.6. The number of likely N-dealkylation sites (tertiary alicyclic amines) is 1. The van der Waals surface area contributed by atoms with Crippen molar-refractivity contribution in [1.82, 2.24) is 4.90 Å². The number of imide groups is 1. The van der Waals surface area contributed by atoms with Crippen molar-refractivity contribution in [1.29, 1.82) is 0 Å². The molecule has 0 unspecified atom stereocenters. The molecule has 2 fully saturated rings. The van der Waals surface area contributed by atoms with Crippen molar-refractivity contribution in [2.24, 2.45) is 0 Å². The van der Waals surface area contributed by atoms with Crippen LogP contribution in [0.1, 0.15) is 40.0 Å². The van der Waals surface area contributed by atoms with E-state index < -0.39 is 17.7 Å². The van der Waals surface area contributed by atoms with Crippen LogP contribution in [0.2, 0.25) is 0 Å². The second-order valence-corrected chi connectivity index (χ2v) is 8.85. The fourth-order valence-corrected chi connectivity index (χ4v) is 5.14. The van der Waals surface area contributed by atoms with Crippen LogP contribution in [-0.2, 0) is 14.3 Å². The highest BCUT2D eigenvalue weighted by molar-refractivity contribution is 8.18. The number of thioether (sulfide) groups is 2. The zero-order chi connectivity index (χ0) is 15.6. The summed E-state index contributed by atoms with van der Waals surface area (Å²) in [6, 6.07) is -0.657. The van der Waals surface area contributed by atoms with Gasteiger partial charge in [-0.1, -0.05) is 0 Å². The zero-order valence-electron chi connectivity index (χ0n) is 12.6. The van der Waals surface area contributed by atoms with Crippen molar-refractivity contribution in [2.45, 2.75) is 56.3 Å². The molecule has 2 aliphatic rings. The van der Waals surface area contributed by atoms with E-state index in [1.807, 2.05) is 0 Å². The third-order valence-electron chi connectivity index (χ3n) is 3.19. The maximum Gasteiger partial charge on any atom is 0.417 e. The fraction of sp³-hybridized carbons (Fsp3) is 0.786. The molecule has 5 nitrogen and oxygen atoms in total. The van der Waals surface area contributed by atoms with Gasteiger partial charge in [0, 0.05) is 6.42 Å². The Morgan fingerprint density at radius 3 is 2.43 bits per heavy atom. The summed E-state index contributed by atoms with van der Waals surface area (Å²) in [4.78, 5) is 37.8. The van der Waals surface area contributed by atoms with Crippen molar-refractivity contribution in [3.05, 3.63) is 0 Å². The third-order valence-corrected chi connectivity index (χ3v) is 6.13. The molecular weight excluding hydrogens is 310 g/mol. The number of Topliss-reactive ketones (excluding diaryl/α,β-unsaturated/α-hetero) is 1. The summed E-state index contributed by atoms with van der Waals surface area (Å²) in [5.74, 6) is 1.57. The van der Waals surface area contributed by atoms with Crippen LogP contribution in [0.5, 0.6) is 0 Å². The molecule has 0 aliphatic carbocycles. The molecule has 1 atom stereocenters. The number of ketones is 1. The fourth-order valence-electron chi connectivity index (χ4n) is 2.30. The summed E-state index contributed by atoms with van der Waals surface area (Å²) < 4.78 is 5.09. The van der Waals surface area contributed by atoms with E-state index in [0.29, 0.717) is 6.42 Å². The number of carbonyl (C=O) groups is 3. The van der Waals surface area contributed by atoms with Crippen LogP contribution >= 0.6 is 23.5 Å². The average Bonchev–Trinajstić information content (AvgIpc) is 2.79. The number of nitrogens with zero attached hydrogens (tertiary/aromatic N) is 1. The van der Waals surface area contributed by atoms with Crippen LogP contribution in [-0.4, -0.2) is 50.4 Å². The molecule has 0 aromatic heterocycles. The predicted molar refractivity (Wildman–Crippen MR) is 84.4 cm³/mol. The summed E-state index contributed by atoms with van der Waals surface area (Å²) in [6.07, 6.45) is 1.04. The van der Waals surface area contributed by atoms with E-state index in [9.17, 15) is 14.4 Å². The summed E-state index contributed by atoms with van der Waals surface area (Å²) >= 11 is 3.22. The first-order valence-electron chi connectivity index (χ1n) is 7.11. The van der Waals surface area contributed by atoms with Crippen molar-refractivity contribution in [2.75, 3.05) is 11.5 Å². The van der Waals surface area contributed by atoms with E-state index in [4.69, 9.17) is 4.74 Å². The van der Waals surface area contributed by atoms with Crippen molar-refractivity contribution in [3.8, 4) is 0 Å². The summed E-state index contributed by atoms with van der Waals surface area (Å²) in [6.45, 7) is 5.24. The molecule has 0 saturated carbocycles. The van der Waals surface area contributed by atoms with Crippen LogP contribution < -0.4 is 0 Å². The molecule has 0 aromatic carbocycles. The number of amides is 2. The summed E-state index contributed by atoms with van der Waals surface area (Å²) in [5.41, 5.74) is -0.679. The Morgan fingerprint density at radius 1 is 1.24 bits per heavy atom. The quantitative estimate of drug-likeness (QED) is 0.775. The lowest BCUT2D eigenvalue weighted by Crippen LogP contribution is -2.47. The second kappa shape index (κ2) is 6.60. The third kappa shape index (κ3) is 4.16. The smallest absolute Gasteiger partial charge is 0.417 e. The van der Waals surface area contributed by atoms with E-state index >= 15 is 0 Å². The van der Waals surface area contributed by atoms with Gasteiger partial charge in [-0.15, -0.1) is 23.5 Å². The highest BCUT2D eigenvalue weighted by Gasteiger charge is 2.44. The van der Waals surface area contributed by atoms with Crippen molar-refractivity contribution < 1.29 is 19.1 Å². The molecule has 0 radical (unpaired) electrons. The van der Waals surface area contributed by atoms with E-state index in [1.54, 1.807) is 44.3 Å². The first-order chi connectivity index (χ1) is 9.79. The molecule has 7 heteroatoms. The van der Waals surface area contributed by atoms with Gasteiger partial charge in [-0.05, 0) is 45.1 Å². The normalized spacial score (nSPS) is 24.2. The van der Waals surface area contributed by atoms with E-state index in [0.717, 1.165) is 22.8 Å². The minimum Gasteiger partial charge on any atom is -0.443 e. The van der Waals surface area contributed by atoms with Crippen LogP contribution in [0.25, 0.3) is 0 Å². The Bertz CT molecular complexity index is 441. The van der Waals surface area contributed by atoms with Gasteiger partial charge in [0.1, 0.15) is 16.2 Å². The van der Waals surface area contributed by atoms with Gasteiger partial charge >= 0.3 is 6.09 Å². The Morgan fingerprint density at radius 2 is 1.86 bits per heavy atom. The first kappa shape index (κ1) is 16.7. The van der Waals surface area contributed by atoms with E-state index in [1.165, 1.54) is 0 Å². The largest absolute Gasteiger partial charge is 0.443 e. The maximum atomic E-state index is 12.6. The number of hydrogen-bond donors (Lipinski definition) is 0. The summed E-state index contributed by atoms with van der Waals surface area (Å²) in [7, 11) is 0. The molecule has 2 amide bonds. The van der Waals surface area contributed by atoms with Crippen LogP contribution in [0.4, 0.5) is 4.79 Å². The highest BCUT2D eigenvalue weighted by Crippen LogP contribution is 2.35. The van der Waals surface area contributed by atoms with Gasteiger partial charge in [-0.3, -0.25) is 9.59 Å². The van der Waals surface area contributed by atoms with Crippen LogP contribution in [0, 0.1) is 0 Å². The molecule has 0 N–H and O–H groups in total. The lowest BCUT2D eigenvalue weighted by Gasteiger charge is -2.29. The molecular formula is C14H21NO4S2. The zero-order valence-corrected chi connectivity index (χ0v) is 14.2. The lowest BCUT2D eigenvalue weighted by molar-refractivity contribution is -0.132. The molecule has 2 rings (SSSR count). The van der Waals surface area contributed by atoms with Crippen molar-refractivity contribution in [3.63, 3.8) is 0 Å². The number of ether oxygens (including phenoxy) is 1. The Kier molecular flexibility index (Phi) is 5.24. The monoisotopic (exact) mass is 331 g/mol. The second-order valence-electron chi connectivity index (χ2n) is 6.13. The van der Waals surface area contributed by atoms with Gasteiger partial charge in [0.05, 0.1) is 0 Å². The Balaban J connectivity index is 2.08. The molecule has 2 saturated heterocycles. The number of rotatable bonds is 2. The van der Waals surface area contributed by atoms with Gasteiger partial charge in [0.25, 0.3) is 0 Å². The molecule has 0 spiro atoms. The van der Waals surface area contributed by atoms with Gasteiger partial charge < -0.3 is 4.74 Å². The Labute approximate surface area is 133 Å². The Hall–Kier alpha value is -0.690. The first-order valence-corrected chi connectivity index (χ1v) is 9.21. The number of hydrogen-bond acceptors (Lipinski definition) is 6. The van der Waals surface area contributed by atoms with Crippen molar-refractivity contribution >= 4 is 41.3 Å². The minimum absolute atomic E-state index is 0.0265. The summed E-state index contributed by atoms with van der Waals surface area (Å²) in [5, 5.41) is 0.